The number of amides is 1. The van der Waals surface area contributed by atoms with Crippen LogP contribution in [-0.2, 0) is 11.2 Å². The lowest BCUT2D eigenvalue weighted by Gasteiger charge is -2.35. The maximum atomic E-state index is 12.6. The number of benzene rings is 1. The Balaban J connectivity index is 1.77. The van der Waals surface area contributed by atoms with Gasteiger partial charge in [-0.05, 0) is 24.1 Å². The zero-order valence-corrected chi connectivity index (χ0v) is 11.8. The molecule has 3 rings (SSSR count). The Morgan fingerprint density at radius 3 is 2.71 bits per heavy atom. The zero-order valence-electron chi connectivity index (χ0n) is 11.8. The third-order valence-corrected chi connectivity index (χ3v) is 3.73. The van der Waals surface area contributed by atoms with E-state index in [0.717, 1.165) is 6.42 Å². The van der Waals surface area contributed by atoms with Gasteiger partial charge in [-0.2, -0.15) is 0 Å². The monoisotopic (exact) mass is 282 g/mol. The van der Waals surface area contributed by atoms with Gasteiger partial charge >= 0.3 is 0 Å². The molecule has 0 spiro atoms. The highest BCUT2D eigenvalue weighted by Crippen LogP contribution is 2.16. The third kappa shape index (κ3) is 3.28. The fourth-order valence-corrected chi connectivity index (χ4v) is 2.64. The Labute approximate surface area is 124 Å². The standard InChI is InChI=1S/C17H18N2O2/c20-17(15-6-8-18-9-7-15)19-10-11-21-13-16(19)12-14-4-2-1-3-5-14/h1-9,16H,10-13H2. The number of nitrogens with zero attached hydrogens (tertiary/aromatic N) is 2. The molecule has 2 heterocycles. The highest BCUT2D eigenvalue weighted by Gasteiger charge is 2.28. The molecular formula is C17H18N2O2. The van der Waals surface area contributed by atoms with Crippen LogP contribution in [0.4, 0.5) is 0 Å². The van der Waals surface area contributed by atoms with Crippen LogP contribution in [0.1, 0.15) is 15.9 Å². The second kappa shape index (κ2) is 6.50. The number of hydrogen-bond acceptors (Lipinski definition) is 3. The van der Waals surface area contributed by atoms with E-state index in [1.807, 2.05) is 23.1 Å². The normalized spacial score (nSPS) is 18.5. The highest BCUT2D eigenvalue weighted by atomic mass is 16.5. The summed E-state index contributed by atoms with van der Waals surface area (Å²) in [6, 6.07) is 13.8. The van der Waals surface area contributed by atoms with Crippen molar-refractivity contribution in [2.45, 2.75) is 12.5 Å². The largest absolute Gasteiger partial charge is 0.377 e. The Hall–Kier alpha value is -2.20. The second-order valence-electron chi connectivity index (χ2n) is 5.15. The number of carbonyl (C=O) groups is 1. The van der Waals surface area contributed by atoms with Gasteiger partial charge in [0.25, 0.3) is 5.91 Å². The van der Waals surface area contributed by atoms with Gasteiger partial charge < -0.3 is 9.64 Å². The highest BCUT2D eigenvalue weighted by molar-refractivity contribution is 5.94. The van der Waals surface area contributed by atoms with Gasteiger partial charge in [0.15, 0.2) is 0 Å². The molecule has 1 aliphatic rings. The quantitative estimate of drug-likeness (QED) is 0.866. The lowest BCUT2D eigenvalue weighted by molar-refractivity contribution is -0.00164. The number of rotatable bonds is 3. The number of hydrogen-bond donors (Lipinski definition) is 0. The van der Waals surface area contributed by atoms with Crippen LogP contribution < -0.4 is 0 Å². The zero-order chi connectivity index (χ0) is 14.5. The minimum Gasteiger partial charge on any atom is -0.377 e. The van der Waals surface area contributed by atoms with Gasteiger partial charge in [0.05, 0.1) is 19.3 Å². The lowest BCUT2D eigenvalue weighted by Crippen LogP contribution is -2.49. The van der Waals surface area contributed by atoms with Crippen LogP contribution in [0.2, 0.25) is 0 Å². The fraction of sp³-hybridized carbons (Fsp3) is 0.294. The van der Waals surface area contributed by atoms with E-state index in [1.54, 1.807) is 24.5 Å². The van der Waals surface area contributed by atoms with Crippen molar-refractivity contribution in [2.75, 3.05) is 19.8 Å². The first-order chi connectivity index (χ1) is 10.3. The second-order valence-corrected chi connectivity index (χ2v) is 5.15. The number of pyridine rings is 1. The molecule has 0 aliphatic carbocycles. The van der Waals surface area contributed by atoms with E-state index in [0.29, 0.717) is 25.3 Å². The molecule has 108 valence electrons. The molecule has 1 saturated heterocycles. The molecule has 1 atom stereocenters. The number of carbonyl (C=O) groups excluding carboxylic acids is 1. The molecule has 1 amide bonds. The summed E-state index contributed by atoms with van der Waals surface area (Å²) in [5.41, 5.74) is 1.91. The maximum absolute atomic E-state index is 12.6. The van der Waals surface area contributed by atoms with E-state index < -0.39 is 0 Å². The first-order valence-electron chi connectivity index (χ1n) is 7.17. The Morgan fingerprint density at radius 1 is 1.19 bits per heavy atom. The van der Waals surface area contributed by atoms with Crippen LogP contribution in [0.25, 0.3) is 0 Å². The van der Waals surface area contributed by atoms with E-state index >= 15 is 0 Å². The van der Waals surface area contributed by atoms with Crippen molar-refractivity contribution in [1.82, 2.24) is 9.88 Å². The van der Waals surface area contributed by atoms with Crippen molar-refractivity contribution in [3.05, 3.63) is 66.0 Å². The molecule has 0 bridgehead atoms. The van der Waals surface area contributed by atoms with E-state index in [2.05, 4.69) is 17.1 Å². The van der Waals surface area contributed by atoms with Crippen molar-refractivity contribution < 1.29 is 9.53 Å². The van der Waals surface area contributed by atoms with Gasteiger partial charge in [0, 0.05) is 24.5 Å². The summed E-state index contributed by atoms with van der Waals surface area (Å²) in [7, 11) is 0. The van der Waals surface area contributed by atoms with Gasteiger partial charge in [0.2, 0.25) is 0 Å². The summed E-state index contributed by atoms with van der Waals surface area (Å²) in [5, 5.41) is 0. The van der Waals surface area contributed by atoms with E-state index in [9.17, 15) is 4.79 Å². The summed E-state index contributed by atoms with van der Waals surface area (Å²) < 4.78 is 5.56. The molecule has 0 N–H and O–H groups in total. The molecule has 1 fully saturated rings. The lowest BCUT2D eigenvalue weighted by atomic mass is 10.0. The SMILES string of the molecule is O=C(c1ccncc1)N1CCOCC1Cc1ccccc1. The predicted molar refractivity (Wildman–Crippen MR) is 80.0 cm³/mol. The minimum atomic E-state index is 0.0571. The minimum absolute atomic E-state index is 0.0571. The molecule has 1 aliphatic heterocycles. The molecule has 1 aromatic heterocycles. The van der Waals surface area contributed by atoms with E-state index in [1.165, 1.54) is 5.56 Å². The van der Waals surface area contributed by atoms with Crippen molar-refractivity contribution in [1.29, 1.82) is 0 Å². The average molecular weight is 282 g/mol. The van der Waals surface area contributed by atoms with Gasteiger partial charge in [-0.1, -0.05) is 30.3 Å². The smallest absolute Gasteiger partial charge is 0.254 e. The molecule has 4 nitrogen and oxygen atoms in total. The topological polar surface area (TPSA) is 42.4 Å². The Bertz CT molecular complexity index is 586. The summed E-state index contributed by atoms with van der Waals surface area (Å²) in [4.78, 5) is 18.5. The first kappa shape index (κ1) is 13.8. The summed E-state index contributed by atoms with van der Waals surface area (Å²) in [6.45, 7) is 1.83. The molecule has 21 heavy (non-hydrogen) atoms. The Kier molecular flexibility index (Phi) is 4.26. The Morgan fingerprint density at radius 2 is 1.95 bits per heavy atom. The van der Waals surface area contributed by atoms with Gasteiger partial charge in [0.1, 0.15) is 0 Å². The van der Waals surface area contributed by atoms with Crippen LogP contribution >= 0.6 is 0 Å². The first-order valence-corrected chi connectivity index (χ1v) is 7.17. The number of aromatic nitrogens is 1. The van der Waals surface area contributed by atoms with Crippen LogP contribution in [0, 0.1) is 0 Å². The average Bonchev–Trinajstić information content (AvgIpc) is 2.56. The van der Waals surface area contributed by atoms with Gasteiger partial charge in [-0.15, -0.1) is 0 Å². The molecule has 0 saturated carbocycles. The summed E-state index contributed by atoms with van der Waals surface area (Å²) >= 11 is 0. The van der Waals surface area contributed by atoms with Crippen molar-refractivity contribution in [3.8, 4) is 0 Å². The van der Waals surface area contributed by atoms with E-state index in [4.69, 9.17) is 4.74 Å². The molecule has 0 radical (unpaired) electrons. The summed E-state index contributed by atoms with van der Waals surface area (Å²) in [6.07, 6.45) is 4.12. The van der Waals surface area contributed by atoms with Gasteiger partial charge in [-0.3, -0.25) is 9.78 Å². The van der Waals surface area contributed by atoms with Gasteiger partial charge in [-0.25, -0.2) is 0 Å². The van der Waals surface area contributed by atoms with Crippen molar-refractivity contribution in [3.63, 3.8) is 0 Å². The van der Waals surface area contributed by atoms with Crippen LogP contribution in [0.3, 0.4) is 0 Å². The van der Waals surface area contributed by atoms with Crippen molar-refractivity contribution in [2.24, 2.45) is 0 Å². The molecule has 1 aromatic carbocycles. The molecule has 1 unspecified atom stereocenters. The van der Waals surface area contributed by atoms with Crippen LogP contribution in [0.5, 0.6) is 0 Å². The van der Waals surface area contributed by atoms with Crippen LogP contribution in [-0.4, -0.2) is 41.6 Å². The fourth-order valence-electron chi connectivity index (χ4n) is 2.64. The predicted octanol–water partition coefficient (Wildman–Crippen LogP) is 2.17. The molecule has 4 heteroatoms. The number of morpholine rings is 1. The number of ether oxygens (including phenoxy) is 1. The third-order valence-electron chi connectivity index (χ3n) is 3.73. The molecular weight excluding hydrogens is 264 g/mol. The van der Waals surface area contributed by atoms with Crippen molar-refractivity contribution >= 4 is 5.91 Å². The maximum Gasteiger partial charge on any atom is 0.254 e. The van der Waals surface area contributed by atoms with E-state index in [-0.39, 0.29) is 11.9 Å². The summed E-state index contributed by atoms with van der Waals surface area (Å²) in [5.74, 6) is 0.0571. The van der Waals surface area contributed by atoms with Crippen LogP contribution in [0.15, 0.2) is 54.9 Å². The molecule has 2 aromatic rings.